The monoisotopic (exact) mass is 474 g/mol. The summed E-state index contributed by atoms with van der Waals surface area (Å²) in [6.07, 6.45) is 10.1. The zero-order valence-corrected chi connectivity index (χ0v) is 21.3. The van der Waals surface area contributed by atoms with E-state index in [2.05, 4.69) is 24.1 Å². The van der Waals surface area contributed by atoms with Crippen molar-refractivity contribution in [1.82, 2.24) is 10.2 Å². The normalized spacial score (nSPS) is 20.6. The lowest BCUT2D eigenvalue weighted by Gasteiger charge is -2.29. The highest BCUT2D eigenvalue weighted by Crippen LogP contribution is 2.24. The molecule has 192 valence electrons. The second-order valence-electron chi connectivity index (χ2n) is 10.3. The molecule has 1 saturated heterocycles. The minimum absolute atomic E-state index is 0.0238. The molecule has 0 unspecified atom stereocenters. The van der Waals surface area contributed by atoms with Gasteiger partial charge in [-0.25, -0.2) is 0 Å². The summed E-state index contributed by atoms with van der Waals surface area (Å²) in [6, 6.07) is 7.33. The predicted molar refractivity (Wildman–Crippen MR) is 136 cm³/mol. The van der Waals surface area contributed by atoms with Gasteiger partial charge in [0.1, 0.15) is 11.9 Å². The third kappa shape index (κ3) is 9.20. The molecule has 1 aliphatic heterocycles. The number of carbonyl (C=O) groups excluding carboxylic acids is 1. The number of ether oxygens (including phenoxy) is 2. The molecular weight excluding hydrogens is 428 g/mol. The Morgan fingerprint density at radius 3 is 2.56 bits per heavy atom. The fraction of sp³-hybridized carbons (Fsp3) is 0.750. The molecule has 0 radical (unpaired) electrons. The predicted octanol–water partition coefficient (Wildman–Crippen LogP) is 4.86. The number of likely N-dealkylation sites (tertiary alicyclic amines) is 1. The molecule has 1 amide bonds. The maximum absolute atomic E-state index is 12.7. The van der Waals surface area contributed by atoms with Gasteiger partial charge in [0.05, 0.1) is 18.8 Å². The Kier molecular flexibility index (Phi) is 11.7. The Bertz CT molecular complexity index is 707. The first kappa shape index (κ1) is 27.0. The number of unbranched alkanes of at least 4 members (excludes halogenated alkanes) is 3. The summed E-state index contributed by atoms with van der Waals surface area (Å²) in [5.41, 5.74) is 0.813. The molecule has 6 nitrogen and oxygen atoms in total. The minimum atomic E-state index is -0.750. The van der Waals surface area contributed by atoms with Crippen molar-refractivity contribution >= 4 is 5.91 Å². The molecule has 3 atom stereocenters. The van der Waals surface area contributed by atoms with Crippen LogP contribution >= 0.6 is 0 Å². The summed E-state index contributed by atoms with van der Waals surface area (Å²) in [7, 11) is 0. The van der Waals surface area contributed by atoms with Crippen LogP contribution in [0.1, 0.15) is 89.7 Å². The molecule has 2 fully saturated rings. The van der Waals surface area contributed by atoms with Crippen LogP contribution in [0.2, 0.25) is 0 Å². The minimum Gasteiger partial charge on any atom is -0.494 e. The summed E-state index contributed by atoms with van der Waals surface area (Å²) in [5.74, 6) is 1.51. The van der Waals surface area contributed by atoms with Crippen LogP contribution in [0.25, 0.3) is 0 Å². The molecule has 2 aliphatic rings. The lowest BCUT2D eigenvalue weighted by molar-refractivity contribution is -0.123. The fourth-order valence-electron chi connectivity index (χ4n) is 4.65. The van der Waals surface area contributed by atoms with Crippen LogP contribution in [0.5, 0.6) is 5.75 Å². The SMILES string of the molecule is CCCCOc1ccc([C@@H](O)[C@@H](CN2CC[C@@H](C)C2)NC(=O)CCCCCOC2CCC2)cc1. The molecule has 2 N–H and O–H groups in total. The Balaban J connectivity index is 1.47. The van der Waals surface area contributed by atoms with Crippen LogP contribution in [0.15, 0.2) is 24.3 Å². The van der Waals surface area contributed by atoms with Gasteiger partial charge in [0.15, 0.2) is 0 Å². The van der Waals surface area contributed by atoms with Gasteiger partial charge in [0.2, 0.25) is 5.91 Å². The number of hydrogen-bond acceptors (Lipinski definition) is 5. The first-order valence-electron chi connectivity index (χ1n) is 13.6. The fourth-order valence-corrected chi connectivity index (χ4v) is 4.65. The van der Waals surface area contributed by atoms with E-state index < -0.39 is 6.10 Å². The Hall–Kier alpha value is -1.63. The van der Waals surface area contributed by atoms with E-state index in [9.17, 15) is 9.90 Å². The lowest BCUT2D eigenvalue weighted by Crippen LogP contribution is -2.46. The van der Waals surface area contributed by atoms with Crippen LogP contribution < -0.4 is 10.1 Å². The van der Waals surface area contributed by atoms with Crippen LogP contribution in [-0.4, -0.2) is 60.9 Å². The van der Waals surface area contributed by atoms with Gasteiger partial charge in [-0.1, -0.05) is 38.8 Å². The quantitative estimate of drug-likeness (QED) is 0.335. The summed E-state index contributed by atoms with van der Waals surface area (Å²) in [5, 5.41) is 14.3. The van der Waals surface area contributed by atoms with Crippen LogP contribution in [0.3, 0.4) is 0 Å². The summed E-state index contributed by atoms with van der Waals surface area (Å²) < 4.78 is 11.6. The number of rotatable bonds is 16. The van der Waals surface area contributed by atoms with E-state index in [-0.39, 0.29) is 11.9 Å². The van der Waals surface area contributed by atoms with E-state index in [1.54, 1.807) is 0 Å². The van der Waals surface area contributed by atoms with Gasteiger partial charge in [-0.2, -0.15) is 0 Å². The average molecular weight is 475 g/mol. The molecule has 1 saturated carbocycles. The lowest BCUT2D eigenvalue weighted by atomic mass is 9.96. The van der Waals surface area contributed by atoms with Gasteiger partial charge >= 0.3 is 0 Å². The Morgan fingerprint density at radius 1 is 1.12 bits per heavy atom. The average Bonchev–Trinajstić information content (AvgIpc) is 3.21. The number of nitrogens with one attached hydrogen (secondary N) is 1. The van der Waals surface area contributed by atoms with Crippen molar-refractivity contribution in [2.45, 2.75) is 96.3 Å². The first-order chi connectivity index (χ1) is 16.5. The standard InChI is InChI=1S/C28H46N2O4/c1-3-4-18-33-25-14-12-23(13-15-25)28(32)26(21-30-17-16-22(2)20-30)29-27(31)11-6-5-7-19-34-24-9-8-10-24/h12-15,22,24,26,28,32H,3-11,16-21H2,1-2H3,(H,29,31)/t22-,26-,28-/m1/s1. The highest BCUT2D eigenvalue weighted by molar-refractivity contribution is 5.76. The van der Waals surface area contributed by atoms with E-state index >= 15 is 0 Å². The van der Waals surface area contributed by atoms with Crippen molar-refractivity contribution in [2.24, 2.45) is 5.92 Å². The van der Waals surface area contributed by atoms with Crippen LogP contribution in [0.4, 0.5) is 0 Å². The van der Waals surface area contributed by atoms with E-state index in [0.717, 1.165) is 63.1 Å². The number of aliphatic hydroxyl groups excluding tert-OH is 1. The zero-order chi connectivity index (χ0) is 24.2. The van der Waals surface area contributed by atoms with Gasteiger partial charge in [-0.05, 0) is 75.1 Å². The van der Waals surface area contributed by atoms with E-state index in [0.29, 0.717) is 31.6 Å². The maximum Gasteiger partial charge on any atom is 0.220 e. The summed E-state index contributed by atoms with van der Waals surface area (Å²) in [4.78, 5) is 15.1. The van der Waals surface area contributed by atoms with Crippen LogP contribution in [0, 0.1) is 5.92 Å². The van der Waals surface area contributed by atoms with E-state index in [1.165, 1.54) is 25.7 Å². The van der Waals surface area contributed by atoms with Crippen molar-refractivity contribution in [1.29, 1.82) is 0 Å². The second kappa shape index (κ2) is 14.7. The molecule has 1 aliphatic carbocycles. The zero-order valence-electron chi connectivity index (χ0n) is 21.3. The molecule has 3 rings (SSSR count). The third-order valence-corrected chi connectivity index (χ3v) is 7.13. The van der Waals surface area contributed by atoms with Crippen molar-refractivity contribution in [2.75, 3.05) is 32.8 Å². The summed E-state index contributed by atoms with van der Waals surface area (Å²) >= 11 is 0. The van der Waals surface area contributed by atoms with Gasteiger partial charge < -0.3 is 24.8 Å². The number of hydrogen-bond donors (Lipinski definition) is 2. The van der Waals surface area contributed by atoms with Gasteiger partial charge in [-0.15, -0.1) is 0 Å². The highest BCUT2D eigenvalue weighted by Gasteiger charge is 2.28. The second-order valence-corrected chi connectivity index (χ2v) is 10.3. The number of benzene rings is 1. The highest BCUT2D eigenvalue weighted by atomic mass is 16.5. The molecule has 0 aromatic heterocycles. The van der Waals surface area contributed by atoms with Crippen LogP contribution in [-0.2, 0) is 9.53 Å². The van der Waals surface area contributed by atoms with E-state index in [1.807, 2.05) is 24.3 Å². The van der Waals surface area contributed by atoms with Gasteiger partial charge in [0.25, 0.3) is 0 Å². The number of nitrogens with zero attached hydrogens (tertiary/aromatic N) is 1. The maximum atomic E-state index is 12.7. The summed E-state index contributed by atoms with van der Waals surface area (Å²) in [6.45, 7) is 8.62. The smallest absolute Gasteiger partial charge is 0.220 e. The van der Waals surface area contributed by atoms with Crippen molar-refractivity contribution < 1.29 is 19.4 Å². The van der Waals surface area contributed by atoms with Gasteiger partial charge in [-0.3, -0.25) is 4.79 Å². The topological polar surface area (TPSA) is 71.0 Å². The molecule has 1 heterocycles. The van der Waals surface area contributed by atoms with Crippen molar-refractivity contribution in [3.05, 3.63) is 29.8 Å². The molecule has 0 spiro atoms. The van der Waals surface area contributed by atoms with E-state index in [4.69, 9.17) is 9.47 Å². The van der Waals surface area contributed by atoms with Crippen molar-refractivity contribution in [3.8, 4) is 5.75 Å². The molecule has 6 heteroatoms. The molecule has 34 heavy (non-hydrogen) atoms. The number of amides is 1. The van der Waals surface area contributed by atoms with Gasteiger partial charge in [0, 0.05) is 26.1 Å². The number of carbonyl (C=O) groups is 1. The first-order valence-corrected chi connectivity index (χ1v) is 13.6. The Labute approximate surface area is 206 Å². The number of aliphatic hydroxyl groups is 1. The third-order valence-electron chi connectivity index (χ3n) is 7.13. The molecule has 1 aromatic carbocycles. The molecular formula is C28H46N2O4. The molecule has 0 bridgehead atoms. The Morgan fingerprint density at radius 2 is 1.91 bits per heavy atom. The largest absolute Gasteiger partial charge is 0.494 e. The molecule has 1 aromatic rings. The van der Waals surface area contributed by atoms with Crippen molar-refractivity contribution in [3.63, 3.8) is 0 Å².